The molecule has 138 valence electrons. The maximum absolute atomic E-state index is 12.4. The number of benzene rings is 2. The largest absolute Gasteiger partial charge is 0.495 e. The summed E-state index contributed by atoms with van der Waals surface area (Å²) < 4.78 is 10.6. The average Bonchev–Trinajstić information content (AvgIpc) is 2.59. The molecule has 0 aliphatic carbocycles. The minimum Gasteiger partial charge on any atom is -0.495 e. The smallest absolute Gasteiger partial charge is 0.271 e. The van der Waals surface area contributed by atoms with Gasteiger partial charge >= 0.3 is 0 Å². The number of rotatable bonds is 6. The molecule has 0 aliphatic heterocycles. The van der Waals surface area contributed by atoms with Crippen molar-refractivity contribution in [1.82, 2.24) is 0 Å². The Kier molecular flexibility index (Phi) is 6.52. The van der Waals surface area contributed by atoms with Gasteiger partial charge in [0.1, 0.15) is 11.5 Å². The van der Waals surface area contributed by atoms with Crippen molar-refractivity contribution in [2.24, 2.45) is 0 Å². The molecular formula is C16H13Cl3N2O5. The molecule has 0 radical (unpaired) electrons. The molecule has 2 rings (SSSR count). The molecule has 10 heteroatoms. The Labute approximate surface area is 163 Å². The van der Waals surface area contributed by atoms with E-state index in [0.29, 0.717) is 0 Å². The van der Waals surface area contributed by atoms with Gasteiger partial charge in [0.25, 0.3) is 11.6 Å². The summed E-state index contributed by atoms with van der Waals surface area (Å²) in [4.78, 5) is 22.7. The fraction of sp³-hybridized carbons (Fsp3) is 0.188. The van der Waals surface area contributed by atoms with Crippen LogP contribution in [0.15, 0.2) is 30.3 Å². The molecule has 0 spiro atoms. The van der Waals surface area contributed by atoms with Crippen LogP contribution in [0.3, 0.4) is 0 Å². The number of halogens is 3. The summed E-state index contributed by atoms with van der Waals surface area (Å²) in [6.07, 6.45) is -0.978. The number of nitrogens with one attached hydrogen (secondary N) is 1. The summed E-state index contributed by atoms with van der Waals surface area (Å²) in [5, 5.41) is 14.1. The lowest BCUT2D eigenvalue weighted by molar-refractivity contribution is -0.384. The Hall–Kier alpha value is -2.22. The van der Waals surface area contributed by atoms with E-state index in [9.17, 15) is 14.9 Å². The second-order valence-electron chi connectivity index (χ2n) is 5.09. The minimum absolute atomic E-state index is 0.141. The lowest BCUT2D eigenvalue weighted by Crippen LogP contribution is -2.30. The van der Waals surface area contributed by atoms with Crippen LogP contribution in [0.25, 0.3) is 0 Å². The maximum Gasteiger partial charge on any atom is 0.271 e. The number of carbonyl (C=O) groups excluding carboxylic acids is 1. The van der Waals surface area contributed by atoms with Crippen molar-refractivity contribution < 1.29 is 19.2 Å². The third-order valence-electron chi connectivity index (χ3n) is 3.30. The summed E-state index contributed by atoms with van der Waals surface area (Å²) in [5.41, 5.74) is -0.0513. The Morgan fingerprint density at radius 3 is 2.38 bits per heavy atom. The standard InChI is InChI=1S/C16H13Cl3N2O5/c1-8(26-15-7-11(18)10(17)6-12(15)19)16(22)20-13-5-9(21(23)24)3-4-14(13)25-2/h3-8H,1-2H3,(H,20,22)/t8-/m0/s1. The van der Waals surface area contributed by atoms with E-state index in [4.69, 9.17) is 44.3 Å². The molecule has 0 aliphatic rings. The lowest BCUT2D eigenvalue weighted by Gasteiger charge is -2.17. The quantitative estimate of drug-likeness (QED) is 0.405. The Morgan fingerprint density at radius 1 is 1.12 bits per heavy atom. The van der Waals surface area contributed by atoms with Crippen LogP contribution in [0.2, 0.25) is 15.1 Å². The number of hydrogen-bond acceptors (Lipinski definition) is 5. The summed E-state index contributed by atoms with van der Waals surface area (Å²) >= 11 is 17.8. The fourth-order valence-corrected chi connectivity index (χ4v) is 2.56. The van der Waals surface area contributed by atoms with Crippen LogP contribution in [-0.2, 0) is 4.79 Å². The van der Waals surface area contributed by atoms with Gasteiger partial charge in [-0.1, -0.05) is 34.8 Å². The van der Waals surface area contributed by atoms with E-state index in [0.717, 1.165) is 0 Å². The van der Waals surface area contributed by atoms with E-state index in [1.165, 1.54) is 44.4 Å². The third kappa shape index (κ3) is 4.69. The van der Waals surface area contributed by atoms with Crippen LogP contribution in [0.4, 0.5) is 11.4 Å². The van der Waals surface area contributed by atoms with Gasteiger partial charge in [-0.3, -0.25) is 14.9 Å². The number of non-ortho nitro benzene ring substituents is 1. The predicted octanol–water partition coefficient (Wildman–Crippen LogP) is 4.97. The zero-order chi connectivity index (χ0) is 19.4. The van der Waals surface area contributed by atoms with Gasteiger partial charge in [-0.2, -0.15) is 0 Å². The summed E-state index contributed by atoms with van der Waals surface area (Å²) in [6.45, 7) is 1.48. The van der Waals surface area contributed by atoms with Gasteiger partial charge in [-0.05, 0) is 19.1 Å². The molecule has 0 saturated carbocycles. The van der Waals surface area contributed by atoms with E-state index >= 15 is 0 Å². The molecule has 26 heavy (non-hydrogen) atoms. The van der Waals surface area contributed by atoms with E-state index in [1.54, 1.807) is 0 Å². The number of ether oxygens (including phenoxy) is 2. The first-order chi connectivity index (χ1) is 12.2. The van der Waals surface area contributed by atoms with Gasteiger partial charge in [0, 0.05) is 18.2 Å². The van der Waals surface area contributed by atoms with Crippen LogP contribution in [0.5, 0.6) is 11.5 Å². The third-order valence-corrected chi connectivity index (χ3v) is 4.32. The molecule has 0 aromatic heterocycles. The van der Waals surface area contributed by atoms with Crippen molar-refractivity contribution in [1.29, 1.82) is 0 Å². The molecule has 0 fully saturated rings. The van der Waals surface area contributed by atoms with E-state index in [1.807, 2.05) is 0 Å². The molecule has 0 bridgehead atoms. The van der Waals surface area contributed by atoms with Gasteiger partial charge in [0.05, 0.1) is 32.8 Å². The lowest BCUT2D eigenvalue weighted by atomic mass is 10.2. The van der Waals surface area contributed by atoms with Gasteiger partial charge in [-0.15, -0.1) is 0 Å². The monoisotopic (exact) mass is 418 g/mol. The predicted molar refractivity (Wildman–Crippen MR) is 99.8 cm³/mol. The van der Waals surface area contributed by atoms with Gasteiger partial charge in [0.15, 0.2) is 6.10 Å². The van der Waals surface area contributed by atoms with E-state index < -0.39 is 16.9 Å². The first kappa shape index (κ1) is 20.1. The summed E-state index contributed by atoms with van der Waals surface area (Å²) in [6, 6.07) is 6.63. The molecule has 1 amide bonds. The van der Waals surface area contributed by atoms with Gasteiger partial charge in [0.2, 0.25) is 0 Å². The number of amides is 1. The van der Waals surface area contributed by atoms with Crippen LogP contribution in [0, 0.1) is 10.1 Å². The zero-order valence-electron chi connectivity index (χ0n) is 13.6. The van der Waals surface area contributed by atoms with Crippen molar-refractivity contribution in [3.63, 3.8) is 0 Å². The van der Waals surface area contributed by atoms with Crippen molar-refractivity contribution >= 4 is 52.1 Å². The first-order valence-corrected chi connectivity index (χ1v) is 8.30. The molecule has 2 aromatic carbocycles. The van der Waals surface area contributed by atoms with Crippen molar-refractivity contribution in [2.45, 2.75) is 13.0 Å². The van der Waals surface area contributed by atoms with Gasteiger partial charge < -0.3 is 14.8 Å². The normalized spacial score (nSPS) is 11.6. The Bertz CT molecular complexity index is 860. The molecular weight excluding hydrogens is 407 g/mol. The average molecular weight is 420 g/mol. The van der Waals surface area contributed by atoms with Crippen molar-refractivity contribution in [2.75, 3.05) is 12.4 Å². The van der Waals surface area contributed by atoms with Gasteiger partial charge in [-0.25, -0.2) is 0 Å². The minimum atomic E-state index is -0.978. The molecule has 1 atom stereocenters. The fourth-order valence-electron chi connectivity index (χ4n) is 1.98. The molecule has 2 aromatic rings. The van der Waals surface area contributed by atoms with Crippen LogP contribution >= 0.6 is 34.8 Å². The van der Waals surface area contributed by atoms with Crippen LogP contribution in [-0.4, -0.2) is 24.0 Å². The molecule has 0 heterocycles. The highest BCUT2D eigenvalue weighted by Gasteiger charge is 2.20. The van der Waals surface area contributed by atoms with E-state index in [-0.39, 0.29) is 37.9 Å². The Morgan fingerprint density at radius 2 is 1.77 bits per heavy atom. The number of nitro groups is 1. The van der Waals surface area contributed by atoms with E-state index in [2.05, 4.69) is 5.32 Å². The zero-order valence-corrected chi connectivity index (χ0v) is 15.9. The SMILES string of the molecule is COc1ccc([N+](=O)[O-])cc1NC(=O)[C@H](C)Oc1cc(Cl)c(Cl)cc1Cl. The highest BCUT2D eigenvalue weighted by Crippen LogP contribution is 2.34. The molecule has 7 nitrogen and oxygen atoms in total. The van der Waals surface area contributed by atoms with Crippen molar-refractivity contribution in [3.8, 4) is 11.5 Å². The topological polar surface area (TPSA) is 90.7 Å². The number of carbonyl (C=O) groups is 1. The second kappa shape index (κ2) is 8.44. The molecule has 1 N–H and O–H groups in total. The number of nitrogens with zero attached hydrogens (tertiary/aromatic N) is 1. The number of hydrogen-bond donors (Lipinski definition) is 1. The van der Waals surface area contributed by atoms with Crippen LogP contribution < -0.4 is 14.8 Å². The second-order valence-corrected chi connectivity index (χ2v) is 6.31. The van der Waals surface area contributed by atoms with Crippen molar-refractivity contribution in [3.05, 3.63) is 55.5 Å². The number of nitro benzene ring substituents is 1. The molecule has 0 saturated heterocycles. The number of methoxy groups -OCH3 is 1. The maximum atomic E-state index is 12.4. The Balaban J connectivity index is 2.18. The highest BCUT2D eigenvalue weighted by atomic mass is 35.5. The van der Waals surface area contributed by atoms with Crippen LogP contribution in [0.1, 0.15) is 6.92 Å². The molecule has 0 unspecified atom stereocenters. The summed E-state index contributed by atoms with van der Waals surface area (Å²) in [5.74, 6) is -0.121. The highest BCUT2D eigenvalue weighted by molar-refractivity contribution is 6.43. The first-order valence-electron chi connectivity index (χ1n) is 7.17. The number of anilines is 1. The summed E-state index contributed by atoms with van der Waals surface area (Å²) in [7, 11) is 1.38.